The van der Waals surface area contributed by atoms with E-state index in [1.165, 1.54) is 11.1 Å². The third-order valence-corrected chi connectivity index (χ3v) is 3.88. The second kappa shape index (κ2) is 7.06. The zero-order chi connectivity index (χ0) is 14.5. The molecule has 2 nitrogen and oxygen atoms in total. The predicted molar refractivity (Wildman–Crippen MR) is 82.5 cm³/mol. The molecule has 2 heteroatoms. The van der Waals surface area contributed by atoms with Crippen LogP contribution in [0.25, 0.3) is 0 Å². The number of rotatable bonds is 7. The molecule has 1 N–H and O–H groups in total. The molecule has 1 aromatic carbocycles. The van der Waals surface area contributed by atoms with Crippen LogP contribution in [-0.4, -0.2) is 18.8 Å². The van der Waals surface area contributed by atoms with Gasteiger partial charge >= 0.3 is 0 Å². The maximum absolute atomic E-state index is 6.19. The van der Waals surface area contributed by atoms with Gasteiger partial charge in [-0.25, -0.2) is 0 Å². The van der Waals surface area contributed by atoms with E-state index in [1.807, 2.05) is 7.05 Å². The highest BCUT2D eigenvalue weighted by Crippen LogP contribution is 2.25. The lowest BCUT2D eigenvalue weighted by molar-refractivity contribution is -0.0791. The van der Waals surface area contributed by atoms with Gasteiger partial charge in [-0.1, -0.05) is 38.1 Å². The quantitative estimate of drug-likeness (QED) is 0.799. The van der Waals surface area contributed by atoms with Crippen LogP contribution in [0.3, 0.4) is 0 Å². The lowest BCUT2D eigenvalue weighted by atomic mass is 9.99. The van der Waals surface area contributed by atoms with Crippen molar-refractivity contribution in [1.82, 2.24) is 5.32 Å². The fourth-order valence-electron chi connectivity index (χ4n) is 2.29. The van der Waals surface area contributed by atoms with Crippen LogP contribution < -0.4 is 5.32 Å². The summed E-state index contributed by atoms with van der Waals surface area (Å²) in [6, 6.07) is 9.06. The molecule has 0 bridgehead atoms. The molecule has 0 saturated heterocycles. The normalized spacial score (nSPS) is 15.3. The van der Waals surface area contributed by atoms with Gasteiger partial charge in [-0.3, -0.25) is 0 Å². The summed E-state index contributed by atoms with van der Waals surface area (Å²) in [6.45, 7) is 10.8. The Kier molecular flexibility index (Phi) is 6.02. The van der Waals surface area contributed by atoms with Gasteiger partial charge in [0.1, 0.15) is 0 Å². The van der Waals surface area contributed by atoms with Crippen molar-refractivity contribution in [2.75, 3.05) is 7.05 Å². The molecule has 19 heavy (non-hydrogen) atoms. The molecule has 108 valence electrons. The Balaban J connectivity index is 2.81. The van der Waals surface area contributed by atoms with Crippen LogP contribution in [0.1, 0.15) is 58.2 Å². The lowest BCUT2D eigenvalue weighted by Crippen LogP contribution is -2.36. The summed E-state index contributed by atoms with van der Waals surface area (Å²) in [5, 5.41) is 3.38. The average molecular weight is 263 g/mol. The van der Waals surface area contributed by atoms with E-state index in [4.69, 9.17) is 4.74 Å². The highest BCUT2D eigenvalue weighted by molar-refractivity contribution is 5.25. The summed E-state index contributed by atoms with van der Waals surface area (Å²) < 4.78 is 6.19. The summed E-state index contributed by atoms with van der Waals surface area (Å²) in [4.78, 5) is 0. The van der Waals surface area contributed by atoms with E-state index in [1.54, 1.807) is 0 Å². The van der Waals surface area contributed by atoms with Gasteiger partial charge in [0.15, 0.2) is 0 Å². The van der Waals surface area contributed by atoms with Crippen molar-refractivity contribution in [1.29, 1.82) is 0 Å². The van der Waals surface area contributed by atoms with E-state index in [0.717, 1.165) is 12.8 Å². The molecule has 0 radical (unpaired) electrons. The molecule has 0 aromatic heterocycles. The van der Waals surface area contributed by atoms with E-state index >= 15 is 0 Å². The molecule has 0 aliphatic rings. The van der Waals surface area contributed by atoms with Gasteiger partial charge in [-0.15, -0.1) is 0 Å². The first-order valence-corrected chi connectivity index (χ1v) is 7.37. The van der Waals surface area contributed by atoms with Crippen LogP contribution in [0.4, 0.5) is 0 Å². The van der Waals surface area contributed by atoms with Crippen molar-refractivity contribution >= 4 is 0 Å². The number of ether oxygens (including phenoxy) is 1. The minimum atomic E-state index is -0.0716. The van der Waals surface area contributed by atoms with Gasteiger partial charge in [0.05, 0.1) is 17.7 Å². The third kappa shape index (κ3) is 4.63. The molecular formula is C17H29NO. The van der Waals surface area contributed by atoms with Gasteiger partial charge in [-0.05, 0) is 51.8 Å². The zero-order valence-corrected chi connectivity index (χ0v) is 13.3. The number of hydrogen-bond donors (Lipinski definition) is 1. The van der Waals surface area contributed by atoms with Crippen molar-refractivity contribution < 1.29 is 4.74 Å². The van der Waals surface area contributed by atoms with E-state index < -0.39 is 0 Å². The fourth-order valence-corrected chi connectivity index (χ4v) is 2.29. The molecule has 0 aliphatic carbocycles. The van der Waals surface area contributed by atoms with Crippen molar-refractivity contribution in [3.05, 3.63) is 35.4 Å². The van der Waals surface area contributed by atoms with Gasteiger partial charge < -0.3 is 10.1 Å². The molecule has 0 spiro atoms. The molecule has 0 heterocycles. The fraction of sp³-hybridized carbons (Fsp3) is 0.647. The topological polar surface area (TPSA) is 21.3 Å². The van der Waals surface area contributed by atoms with Crippen LogP contribution in [-0.2, 0) is 11.2 Å². The first kappa shape index (κ1) is 16.2. The average Bonchev–Trinajstić information content (AvgIpc) is 2.40. The van der Waals surface area contributed by atoms with Crippen molar-refractivity contribution in [2.45, 2.75) is 65.2 Å². The molecule has 2 atom stereocenters. The second-order valence-corrected chi connectivity index (χ2v) is 5.80. The van der Waals surface area contributed by atoms with E-state index in [-0.39, 0.29) is 17.7 Å². The van der Waals surface area contributed by atoms with E-state index in [9.17, 15) is 0 Å². The van der Waals surface area contributed by atoms with Gasteiger partial charge in [0.25, 0.3) is 0 Å². The highest BCUT2D eigenvalue weighted by atomic mass is 16.5. The maximum Gasteiger partial charge on any atom is 0.0748 e. The largest absolute Gasteiger partial charge is 0.371 e. The highest BCUT2D eigenvalue weighted by Gasteiger charge is 2.25. The second-order valence-electron chi connectivity index (χ2n) is 5.80. The van der Waals surface area contributed by atoms with Gasteiger partial charge in [-0.2, -0.15) is 0 Å². The third-order valence-electron chi connectivity index (χ3n) is 3.88. The van der Waals surface area contributed by atoms with Crippen molar-refractivity contribution in [2.24, 2.45) is 0 Å². The number of nitrogens with one attached hydrogen (secondary N) is 1. The lowest BCUT2D eigenvalue weighted by Gasteiger charge is -2.33. The Hall–Kier alpha value is -0.860. The predicted octanol–water partition coefficient (Wildman–Crippen LogP) is 4.10. The Bertz CT molecular complexity index is 369. The van der Waals surface area contributed by atoms with E-state index in [0.29, 0.717) is 0 Å². The molecule has 0 aliphatic heterocycles. The summed E-state index contributed by atoms with van der Waals surface area (Å²) in [6.07, 6.45) is 2.24. The molecule has 2 unspecified atom stereocenters. The van der Waals surface area contributed by atoms with Crippen LogP contribution in [0, 0.1) is 0 Å². The Morgan fingerprint density at radius 3 is 2.16 bits per heavy atom. The van der Waals surface area contributed by atoms with Crippen LogP contribution in [0.5, 0.6) is 0 Å². The number of benzene rings is 1. The monoisotopic (exact) mass is 263 g/mol. The summed E-state index contributed by atoms with van der Waals surface area (Å²) >= 11 is 0. The molecule has 0 amide bonds. The minimum absolute atomic E-state index is 0.0716. The van der Waals surface area contributed by atoms with Crippen LogP contribution >= 0.6 is 0 Å². The Labute approximate surface area is 118 Å². The summed E-state index contributed by atoms with van der Waals surface area (Å²) in [7, 11) is 2.00. The molecule has 0 saturated carbocycles. The summed E-state index contributed by atoms with van der Waals surface area (Å²) in [5.74, 6) is 0. The summed E-state index contributed by atoms with van der Waals surface area (Å²) in [5.41, 5.74) is 2.60. The smallest absolute Gasteiger partial charge is 0.0748 e. The molecular weight excluding hydrogens is 234 g/mol. The molecule has 1 rings (SSSR count). The van der Waals surface area contributed by atoms with Gasteiger partial charge in [0, 0.05) is 0 Å². The van der Waals surface area contributed by atoms with E-state index in [2.05, 4.69) is 64.2 Å². The first-order valence-electron chi connectivity index (χ1n) is 7.37. The minimum Gasteiger partial charge on any atom is -0.371 e. The van der Waals surface area contributed by atoms with Crippen molar-refractivity contribution in [3.8, 4) is 0 Å². The zero-order valence-electron chi connectivity index (χ0n) is 13.3. The number of hydrogen-bond acceptors (Lipinski definition) is 2. The first-order chi connectivity index (χ1) is 8.93. The molecule has 1 aromatic rings. The SMILES string of the molecule is CCc1ccc(C(NC)C(C)OC(C)(C)CC)cc1. The van der Waals surface area contributed by atoms with Crippen molar-refractivity contribution in [3.63, 3.8) is 0 Å². The number of likely N-dealkylation sites (N-methyl/N-ethyl adjacent to an activating group) is 1. The molecule has 0 fully saturated rings. The van der Waals surface area contributed by atoms with Gasteiger partial charge in [0.2, 0.25) is 0 Å². The Morgan fingerprint density at radius 1 is 1.16 bits per heavy atom. The van der Waals surface area contributed by atoms with Crippen LogP contribution in [0.2, 0.25) is 0 Å². The van der Waals surface area contributed by atoms with Crippen LogP contribution in [0.15, 0.2) is 24.3 Å². The maximum atomic E-state index is 6.19. The standard InChI is InChI=1S/C17H29NO/c1-7-14-9-11-15(12-10-14)16(18-6)13(3)19-17(4,5)8-2/h9-13,16,18H,7-8H2,1-6H3. The number of aryl methyl sites for hydroxylation is 1. The Morgan fingerprint density at radius 2 is 1.74 bits per heavy atom.